The van der Waals surface area contributed by atoms with Crippen LogP contribution in [0.25, 0.3) is 10.2 Å². The number of hydrogen-bond donors (Lipinski definition) is 1. The van der Waals surface area contributed by atoms with Crippen molar-refractivity contribution >= 4 is 44.5 Å². The lowest BCUT2D eigenvalue weighted by Crippen LogP contribution is -2.01. The van der Waals surface area contributed by atoms with Crippen molar-refractivity contribution in [1.82, 2.24) is 4.98 Å². The van der Waals surface area contributed by atoms with Gasteiger partial charge < -0.3 is 9.47 Å². The smallest absolute Gasteiger partial charge is 0.204 e. The third kappa shape index (κ3) is 4.90. The normalized spacial score (nSPS) is 11.1. The minimum absolute atomic E-state index is 0.367. The van der Waals surface area contributed by atoms with E-state index >= 15 is 0 Å². The van der Waals surface area contributed by atoms with Crippen LogP contribution in [0.2, 0.25) is 5.02 Å². The molecule has 5 nitrogen and oxygen atoms in total. The minimum Gasteiger partial charge on any atom is -0.490 e. The first-order valence-corrected chi connectivity index (χ1v) is 10.7. The van der Waals surface area contributed by atoms with Crippen LogP contribution in [0.3, 0.4) is 0 Å². The summed E-state index contributed by atoms with van der Waals surface area (Å²) >= 11 is 7.77. The predicted octanol–water partition coefficient (Wildman–Crippen LogP) is 6.37. The van der Waals surface area contributed by atoms with Gasteiger partial charge in [0, 0.05) is 10.6 Å². The van der Waals surface area contributed by atoms with Gasteiger partial charge in [0.25, 0.3) is 0 Å². The van der Waals surface area contributed by atoms with Gasteiger partial charge in [-0.2, -0.15) is 5.10 Å². The molecule has 152 valence electrons. The number of benzene rings is 3. The Morgan fingerprint density at radius 3 is 2.70 bits per heavy atom. The van der Waals surface area contributed by atoms with Crippen LogP contribution in [0.15, 0.2) is 71.8 Å². The van der Waals surface area contributed by atoms with Crippen molar-refractivity contribution in [3.8, 4) is 11.5 Å². The summed E-state index contributed by atoms with van der Waals surface area (Å²) in [7, 11) is 0. The molecule has 0 saturated carbocycles. The Balaban J connectivity index is 1.45. The maximum Gasteiger partial charge on any atom is 0.204 e. The van der Waals surface area contributed by atoms with Crippen molar-refractivity contribution in [2.24, 2.45) is 5.10 Å². The lowest BCUT2D eigenvalue weighted by atomic mass is 10.2. The average Bonchev–Trinajstić information content (AvgIpc) is 3.17. The average molecular weight is 438 g/mol. The van der Waals surface area contributed by atoms with E-state index in [9.17, 15) is 0 Å². The molecule has 0 radical (unpaired) electrons. The molecule has 0 saturated heterocycles. The van der Waals surface area contributed by atoms with Crippen molar-refractivity contribution in [1.29, 1.82) is 0 Å². The third-order valence-electron chi connectivity index (χ3n) is 4.28. The zero-order valence-electron chi connectivity index (χ0n) is 16.3. The Hall–Kier alpha value is -3.09. The second-order valence-electron chi connectivity index (χ2n) is 6.38. The SMILES string of the molecule is CCOc1cc(/C=N\Nc2nc3ccccc3s2)ccc1OCc1ccccc1Cl. The van der Waals surface area contributed by atoms with Gasteiger partial charge in [-0.15, -0.1) is 0 Å². The number of hydrazone groups is 1. The Bertz CT molecular complexity index is 1140. The molecular formula is C23H20ClN3O2S. The molecule has 0 unspecified atom stereocenters. The number of rotatable bonds is 8. The molecule has 0 fully saturated rings. The van der Waals surface area contributed by atoms with Gasteiger partial charge in [0.15, 0.2) is 11.5 Å². The van der Waals surface area contributed by atoms with Crippen LogP contribution in [0, 0.1) is 0 Å². The molecule has 1 N–H and O–H groups in total. The van der Waals surface area contributed by atoms with Crippen molar-refractivity contribution in [3.05, 3.63) is 82.9 Å². The zero-order valence-corrected chi connectivity index (χ0v) is 17.9. The van der Waals surface area contributed by atoms with Gasteiger partial charge in [-0.25, -0.2) is 4.98 Å². The van der Waals surface area contributed by atoms with E-state index < -0.39 is 0 Å². The molecule has 4 rings (SSSR count). The number of nitrogens with one attached hydrogen (secondary N) is 1. The molecule has 0 aliphatic carbocycles. The van der Waals surface area contributed by atoms with Crippen molar-refractivity contribution in [2.75, 3.05) is 12.0 Å². The Morgan fingerprint density at radius 1 is 1.03 bits per heavy atom. The van der Waals surface area contributed by atoms with E-state index in [1.807, 2.05) is 73.7 Å². The van der Waals surface area contributed by atoms with E-state index in [0.717, 1.165) is 26.5 Å². The number of thiazole rings is 1. The van der Waals surface area contributed by atoms with E-state index in [4.69, 9.17) is 21.1 Å². The summed E-state index contributed by atoms with van der Waals surface area (Å²) in [5.74, 6) is 1.32. The van der Waals surface area contributed by atoms with Crippen LogP contribution in [0.5, 0.6) is 11.5 Å². The summed E-state index contributed by atoms with van der Waals surface area (Å²) in [5, 5.41) is 5.73. The molecular weight excluding hydrogens is 418 g/mol. The van der Waals surface area contributed by atoms with Crippen LogP contribution in [0.1, 0.15) is 18.1 Å². The molecule has 4 aromatic rings. The van der Waals surface area contributed by atoms with Crippen molar-refractivity contribution in [2.45, 2.75) is 13.5 Å². The number of ether oxygens (including phenoxy) is 2. The number of para-hydroxylation sites is 1. The zero-order chi connectivity index (χ0) is 20.8. The molecule has 30 heavy (non-hydrogen) atoms. The molecule has 1 heterocycles. The molecule has 3 aromatic carbocycles. The van der Waals surface area contributed by atoms with Gasteiger partial charge in [0.1, 0.15) is 6.61 Å². The highest BCUT2D eigenvalue weighted by atomic mass is 35.5. The lowest BCUT2D eigenvalue weighted by Gasteiger charge is -2.13. The Kier molecular flexibility index (Phi) is 6.47. The van der Waals surface area contributed by atoms with Gasteiger partial charge in [-0.3, -0.25) is 5.43 Å². The standard InChI is InChI=1S/C23H20ClN3O2S/c1-2-28-21-13-16(11-12-20(21)29-15-17-7-3-4-8-18(17)24)14-25-27-23-26-19-9-5-6-10-22(19)30-23/h3-14H,2,15H2,1H3,(H,26,27)/b25-14-. The fraction of sp³-hybridized carbons (Fsp3) is 0.130. The Morgan fingerprint density at radius 2 is 1.87 bits per heavy atom. The first-order chi connectivity index (χ1) is 14.7. The van der Waals surface area contributed by atoms with Crippen LogP contribution in [-0.2, 0) is 6.61 Å². The number of halogens is 1. The number of nitrogens with zero attached hydrogens (tertiary/aromatic N) is 2. The maximum absolute atomic E-state index is 6.21. The third-order valence-corrected chi connectivity index (χ3v) is 5.59. The van der Waals surface area contributed by atoms with Crippen LogP contribution in [0.4, 0.5) is 5.13 Å². The number of aromatic nitrogens is 1. The summed E-state index contributed by atoms with van der Waals surface area (Å²) in [4.78, 5) is 4.50. The van der Waals surface area contributed by atoms with E-state index in [-0.39, 0.29) is 0 Å². The fourth-order valence-electron chi connectivity index (χ4n) is 2.85. The molecule has 1 aromatic heterocycles. The highest BCUT2D eigenvalue weighted by Gasteiger charge is 2.08. The number of anilines is 1. The molecule has 0 spiro atoms. The van der Waals surface area contributed by atoms with Crippen molar-refractivity contribution in [3.63, 3.8) is 0 Å². The summed E-state index contributed by atoms with van der Waals surface area (Å²) in [6.07, 6.45) is 1.73. The summed E-state index contributed by atoms with van der Waals surface area (Å²) < 4.78 is 12.8. The summed E-state index contributed by atoms with van der Waals surface area (Å²) in [6.45, 7) is 2.84. The van der Waals surface area contributed by atoms with E-state index in [1.54, 1.807) is 17.6 Å². The van der Waals surface area contributed by atoms with E-state index in [0.29, 0.717) is 29.7 Å². The maximum atomic E-state index is 6.21. The molecule has 0 aliphatic heterocycles. The molecule has 0 amide bonds. The van der Waals surface area contributed by atoms with Gasteiger partial charge in [0.2, 0.25) is 5.13 Å². The Labute approximate surface area is 183 Å². The number of fused-ring (bicyclic) bond motifs is 1. The van der Waals surface area contributed by atoms with Crippen LogP contribution < -0.4 is 14.9 Å². The molecule has 7 heteroatoms. The number of hydrogen-bond acceptors (Lipinski definition) is 6. The van der Waals surface area contributed by atoms with Gasteiger partial charge >= 0.3 is 0 Å². The van der Waals surface area contributed by atoms with E-state index in [2.05, 4.69) is 15.5 Å². The fourth-order valence-corrected chi connectivity index (χ4v) is 3.85. The topological polar surface area (TPSA) is 55.7 Å². The lowest BCUT2D eigenvalue weighted by molar-refractivity contribution is 0.269. The molecule has 0 atom stereocenters. The monoisotopic (exact) mass is 437 g/mol. The quantitative estimate of drug-likeness (QED) is 0.257. The van der Waals surface area contributed by atoms with E-state index in [1.165, 1.54) is 0 Å². The first-order valence-electron chi connectivity index (χ1n) is 9.50. The van der Waals surface area contributed by atoms with Crippen molar-refractivity contribution < 1.29 is 9.47 Å². The molecule has 0 bridgehead atoms. The predicted molar refractivity (Wildman–Crippen MR) is 124 cm³/mol. The largest absolute Gasteiger partial charge is 0.490 e. The van der Waals surface area contributed by atoms with Gasteiger partial charge in [0.05, 0.1) is 23.0 Å². The first kappa shape index (κ1) is 20.2. The van der Waals surface area contributed by atoms with Crippen LogP contribution in [-0.4, -0.2) is 17.8 Å². The summed E-state index contributed by atoms with van der Waals surface area (Å²) in [5.41, 5.74) is 5.76. The van der Waals surface area contributed by atoms with Crippen LogP contribution >= 0.6 is 22.9 Å². The van der Waals surface area contributed by atoms with Gasteiger partial charge in [-0.05, 0) is 48.9 Å². The second-order valence-corrected chi connectivity index (χ2v) is 7.81. The van der Waals surface area contributed by atoms with Gasteiger partial charge in [-0.1, -0.05) is 53.3 Å². The minimum atomic E-state index is 0.367. The summed E-state index contributed by atoms with van der Waals surface area (Å²) in [6, 6.07) is 21.3. The molecule has 0 aliphatic rings. The second kappa shape index (κ2) is 9.61. The highest BCUT2D eigenvalue weighted by molar-refractivity contribution is 7.22. The highest BCUT2D eigenvalue weighted by Crippen LogP contribution is 2.30.